The van der Waals surface area contributed by atoms with E-state index in [0.29, 0.717) is 12.3 Å². The number of pyridine rings is 1. The van der Waals surface area contributed by atoms with Gasteiger partial charge in [-0.3, -0.25) is 4.79 Å². The number of hydrogen-bond acceptors (Lipinski definition) is 5. The molecule has 0 atom stereocenters. The fourth-order valence-corrected chi connectivity index (χ4v) is 2.26. The van der Waals surface area contributed by atoms with Gasteiger partial charge >= 0.3 is 5.97 Å². The summed E-state index contributed by atoms with van der Waals surface area (Å²) in [7, 11) is 0. The Labute approximate surface area is 107 Å². The van der Waals surface area contributed by atoms with E-state index in [0.717, 1.165) is 31.7 Å². The minimum absolute atomic E-state index is 0.0196. The molecule has 5 heteroatoms. The number of rotatable bonds is 3. The molecule has 0 aromatic carbocycles. The lowest BCUT2D eigenvalue weighted by Gasteiger charge is -2.32. The summed E-state index contributed by atoms with van der Waals surface area (Å²) in [4.78, 5) is 18.1. The zero-order valence-electron chi connectivity index (χ0n) is 10.6. The van der Waals surface area contributed by atoms with Crippen LogP contribution in [0.3, 0.4) is 0 Å². The second kappa shape index (κ2) is 5.71. The van der Waals surface area contributed by atoms with Crippen molar-refractivity contribution in [3.8, 4) is 0 Å². The van der Waals surface area contributed by atoms with E-state index in [2.05, 4.69) is 9.88 Å². The number of carbonyl (C=O) groups is 1. The van der Waals surface area contributed by atoms with Gasteiger partial charge in [-0.05, 0) is 31.9 Å². The molecule has 0 bridgehead atoms. The molecule has 1 aromatic heterocycles. The quantitative estimate of drug-likeness (QED) is 0.821. The normalized spacial score (nSPS) is 16.6. The van der Waals surface area contributed by atoms with Crippen LogP contribution in [0.1, 0.15) is 19.8 Å². The second-order valence-electron chi connectivity index (χ2n) is 4.43. The van der Waals surface area contributed by atoms with Crippen molar-refractivity contribution in [2.75, 3.05) is 30.3 Å². The van der Waals surface area contributed by atoms with E-state index in [1.165, 1.54) is 0 Å². The van der Waals surface area contributed by atoms with E-state index in [1.54, 1.807) is 6.20 Å². The Morgan fingerprint density at radius 3 is 2.89 bits per heavy atom. The first-order valence-electron chi connectivity index (χ1n) is 6.34. The highest BCUT2D eigenvalue weighted by Crippen LogP contribution is 2.26. The van der Waals surface area contributed by atoms with Crippen LogP contribution in [-0.4, -0.2) is 30.6 Å². The largest absolute Gasteiger partial charge is 0.466 e. The maximum Gasteiger partial charge on any atom is 0.309 e. The van der Waals surface area contributed by atoms with E-state index < -0.39 is 0 Å². The molecule has 18 heavy (non-hydrogen) atoms. The van der Waals surface area contributed by atoms with Crippen molar-refractivity contribution >= 4 is 17.5 Å². The number of carbonyl (C=O) groups excluding carboxylic acids is 1. The topological polar surface area (TPSA) is 68.5 Å². The molecule has 1 aromatic rings. The van der Waals surface area contributed by atoms with Crippen LogP contribution in [0.25, 0.3) is 0 Å². The summed E-state index contributed by atoms with van der Waals surface area (Å²) in [5.41, 5.74) is 6.58. The smallest absolute Gasteiger partial charge is 0.309 e. The Balaban J connectivity index is 1.95. The number of aromatic nitrogens is 1. The van der Waals surface area contributed by atoms with Crippen LogP contribution in [0.2, 0.25) is 0 Å². The Morgan fingerprint density at radius 2 is 2.28 bits per heavy atom. The average molecular weight is 249 g/mol. The summed E-state index contributed by atoms with van der Waals surface area (Å²) in [6, 6.07) is 3.67. The number of hydrogen-bond donors (Lipinski definition) is 1. The minimum Gasteiger partial charge on any atom is -0.466 e. The molecule has 5 nitrogen and oxygen atoms in total. The number of nitrogens with zero attached hydrogens (tertiary/aromatic N) is 2. The first-order chi connectivity index (χ1) is 8.72. The Hall–Kier alpha value is -1.78. The standard InChI is InChI=1S/C13H19N3O2/c1-2-18-13(17)10-5-8-16(9-6-10)12-11(14)4-3-7-15-12/h3-4,7,10H,2,5-6,8-9,14H2,1H3. The second-order valence-corrected chi connectivity index (χ2v) is 4.43. The van der Waals surface area contributed by atoms with Gasteiger partial charge in [0.15, 0.2) is 5.82 Å². The highest BCUT2D eigenvalue weighted by molar-refractivity contribution is 5.73. The summed E-state index contributed by atoms with van der Waals surface area (Å²) in [6.45, 7) is 3.88. The molecule has 2 rings (SSSR count). The summed E-state index contributed by atoms with van der Waals surface area (Å²) in [5, 5.41) is 0. The van der Waals surface area contributed by atoms with E-state index in [9.17, 15) is 4.79 Å². The number of nitrogen functional groups attached to an aromatic ring is 1. The van der Waals surface area contributed by atoms with Crippen LogP contribution < -0.4 is 10.6 Å². The summed E-state index contributed by atoms with van der Waals surface area (Å²) in [6.07, 6.45) is 3.34. The van der Waals surface area contributed by atoms with E-state index in [1.807, 2.05) is 19.1 Å². The molecule has 1 aliphatic heterocycles. The monoisotopic (exact) mass is 249 g/mol. The molecule has 98 valence electrons. The van der Waals surface area contributed by atoms with E-state index in [-0.39, 0.29) is 11.9 Å². The molecule has 0 unspecified atom stereocenters. The third-order valence-corrected chi connectivity index (χ3v) is 3.23. The van der Waals surface area contributed by atoms with Crippen LogP contribution in [-0.2, 0) is 9.53 Å². The van der Waals surface area contributed by atoms with Crippen molar-refractivity contribution in [3.63, 3.8) is 0 Å². The molecule has 1 saturated heterocycles. The predicted octanol–water partition coefficient (Wildman–Crippen LogP) is 1.44. The third-order valence-electron chi connectivity index (χ3n) is 3.23. The zero-order chi connectivity index (χ0) is 13.0. The Kier molecular flexibility index (Phi) is 4.02. The lowest BCUT2D eigenvalue weighted by molar-refractivity contribution is -0.148. The van der Waals surface area contributed by atoms with Crippen molar-refractivity contribution in [1.29, 1.82) is 0 Å². The van der Waals surface area contributed by atoms with Gasteiger partial charge in [0.1, 0.15) is 0 Å². The van der Waals surface area contributed by atoms with Gasteiger partial charge in [-0.25, -0.2) is 4.98 Å². The van der Waals surface area contributed by atoms with E-state index in [4.69, 9.17) is 10.5 Å². The van der Waals surface area contributed by atoms with Crippen LogP contribution in [0, 0.1) is 5.92 Å². The maximum absolute atomic E-state index is 11.6. The van der Waals surface area contributed by atoms with Crippen LogP contribution in [0.4, 0.5) is 11.5 Å². The molecule has 0 aliphatic carbocycles. The van der Waals surface area contributed by atoms with Gasteiger partial charge in [0.25, 0.3) is 0 Å². The number of piperidine rings is 1. The first kappa shape index (κ1) is 12.7. The summed E-state index contributed by atoms with van der Waals surface area (Å²) in [5.74, 6) is 0.761. The molecule has 1 aliphatic rings. The number of anilines is 2. The molecule has 2 heterocycles. The van der Waals surface area contributed by atoms with Crippen molar-refractivity contribution in [3.05, 3.63) is 18.3 Å². The van der Waals surface area contributed by atoms with Crippen LogP contribution in [0.5, 0.6) is 0 Å². The zero-order valence-corrected chi connectivity index (χ0v) is 10.6. The Morgan fingerprint density at radius 1 is 1.56 bits per heavy atom. The molecular weight excluding hydrogens is 230 g/mol. The average Bonchev–Trinajstić information content (AvgIpc) is 2.40. The molecule has 0 spiro atoms. The van der Waals surface area contributed by atoms with Gasteiger partial charge in [0.05, 0.1) is 18.2 Å². The fraction of sp³-hybridized carbons (Fsp3) is 0.538. The molecular formula is C13H19N3O2. The van der Waals surface area contributed by atoms with Gasteiger partial charge < -0.3 is 15.4 Å². The predicted molar refractivity (Wildman–Crippen MR) is 70.2 cm³/mol. The molecule has 0 amide bonds. The molecule has 0 saturated carbocycles. The molecule has 1 fully saturated rings. The van der Waals surface area contributed by atoms with Gasteiger partial charge in [0.2, 0.25) is 0 Å². The van der Waals surface area contributed by atoms with Gasteiger partial charge in [-0.15, -0.1) is 0 Å². The highest BCUT2D eigenvalue weighted by atomic mass is 16.5. The minimum atomic E-state index is -0.0776. The summed E-state index contributed by atoms with van der Waals surface area (Å²) >= 11 is 0. The number of ether oxygens (including phenoxy) is 1. The summed E-state index contributed by atoms with van der Waals surface area (Å²) < 4.78 is 5.05. The van der Waals surface area contributed by atoms with Gasteiger partial charge in [-0.1, -0.05) is 0 Å². The Bertz CT molecular complexity index is 414. The van der Waals surface area contributed by atoms with Crippen molar-refractivity contribution in [1.82, 2.24) is 4.98 Å². The van der Waals surface area contributed by atoms with E-state index >= 15 is 0 Å². The first-order valence-corrected chi connectivity index (χ1v) is 6.34. The van der Waals surface area contributed by atoms with Crippen LogP contribution >= 0.6 is 0 Å². The third kappa shape index (κ3) is 2.72. The molecule has 0 radical (unpaired) electrons. The lowest BCUT2D eigenvalue weighted by Crippen LogP contribution is -2.37. The van der Waals surface area contributed by atoms with Crippen molar-refractivity contribution in [2.24, 2.45) is 5.92 Å². The SMILES string of the molecule is CCOC(=O)C1CCN(c2ncccc2N)CC1. The van der Waals surface area contributed by atoms with Crippen molar-refractivity contribution < 1.29 is 9.53 Å². The van der Waals surface area contributed by atoms with Gasteiger partial charge in [0, 0.05) is 19.3 Å². The van der Waals surface area contributed by atoms with Crippen LogP contribution in [0.15, 0.2) is 18.3 Å². The van der Waals surface area contributed by atoms with Gasteiger partial charge in [-0.2, -0.15) is 0 Å². The lowest BCUT2D eigenvalue weighted by atomic mass is 9.97. The number of esters is 1. The van der Waals surface area contributed by atoms with Crippen molar-refractivity contribution in [2.45, 2.75) is 19.8 Å². The highest BCUT2D eigenvalue weighted by Gasteiger charge is 2.27. The maximum atomic E-state index is 11.6. The fourth-order valence-electron chi connectivity index (χ4n) is 2.26. The molecule has 2 N–H and O–H groups in total. The number of nitrogens with two attached hydrogens (primary N) is 1.